The van der Waals surface area contributed by atoms with Crippen LogP contribution in [0.15, 0.2) is 0 Å². The summed E-state index contributed by atoms with van der Waals surface area (Å²) in [5.74, 6) is 0. The Morgan fingerprint density at radius 2 is 1.24 bits per heavy atom. The summed E-state index contributed by atoms with van der Waals surface area (Å²) < 4.78 is 0.0557. The predicted molar refractivity (Wildman–Crippen MR) is 82.9 cm³/mol. The first-order valence-electron chi connectivity index (χ1n) is 7.55. The van der Waals surface area contributed by atoms with Gasteiger partial charge in [0.2, 0.25) is 0 Å². The second-order valence-corrected chi connectivity index (χ2v) is 6.71. The van der Waals surface area contributed by atoms with Crippen molar-refractivity contribution in [3.8, 4) is 0 Å². The van der Waals surface area contributed by atoms with Crippen molar-refractivity contribution in [2.75, 3.05) is 6.54 Å². The van der Waals surface area contributed by atoms with E-state index in [0.717, 1.165) is 6.42 Å². The number of nitrogens with two attached hydrogens (primary N) is 1. The first kappa shape index (κ1) is 17.3. The van der Waals surface area contributed by atoms with Gasteiger partial charge in [-0.15, -0.1) is 0 Å². The van der Waals surface area contributed by atoms with Gasteiger partial charge in [0, 0.05) is 11.3 Å². The number of rotatable bonds is 12. The van der Waals surface area contributed by atoms with Crippen LogP contribution in [0.1, 0.15) is 84.5 Å². The van der Waals surface area contributed by atoms with Crippen molar-refractivity contribution in [3.05, 3.63) is 0 Å². The topological polar surface area (TPSA) is 26.0 Å². The molecular formula is C15H33NS. The van der Waals surface area contributed by atoms with Gasteiger partial charge in [0.05, 0.1) is 0 Å². The first-order valence-corrected chi connectivity index (χ1v) is 7.99. The van der Waals surface area contributed by atoms with Crippen LogP contribution >= 0.6 is 12.6 Å². The van der Waals surface area contributed by atoms with E-state index >= 15 is 0 Å². The van der Waals surface area contributed by atoms with E-state index in [1.807, 2.05) is 0 Å². The molecule has 1 nitrogen and oxygen atoms in total. The third kappa shape index (κ3) is 12.6. The van der Waals surface area contributed by atoms with Gasteiger partial charge in [-0.1, -0.05) is 71.1 Å². The maximum atomic E-state index is 5.65. The van der Waals surface area contributed by atoms with Crippen molar-refractivity contribution < 1.29 is 0 Å². The van der Waals surface area contributed by atoms with E-state index < -0.39 is 0 Å². The van der Waals surface area contributed by atoms with Crippen LogP contribution in [-0.4, -0.2) is 11.3 Å². The fourth-order valence-corrected chi connectivity index (χ4v) is 2.25. The van der Waals surface area contributed by atoms with Crippen molar-refractivity contribution in [2.45, 2.75) is 89.2 Å². The van der Waals surface area contributed by atoms with Gasteiger partial charge < -0.3 is 5.73 Å². The Morgan fingerprint density at radius 1 is 0.824 bits per heavy atom. The molecule has 0 heterocycles. The maximum Gasteiger partial charge on any atom is 0.0224 e. The van der Waals surface area contributed by atoms with Gasteiger partial charge in [-0.05, 0) is 13.3 Å². The highest BCUT2D eigenvalue weighted by Crippen LogP contribution is 2.21. The van der Waals surface area contributed by atoms with E-state index in [4.69, 9.17) is 5.73 Å². The van der Waals surface area contributed by atoms with E-state index in [-0.39, 0.29) is 4.75 Å². The molecule has 0 aromatic heterocycles. The summed E-state index contributed by atoms with van der Waals surface area (Å²) in [4.78, 5) is 0. The molecule has 0 aliphatic carbocycles. The second-order valence-electron chi connectivity index (χ2n) is 5.63. The zero-order valence-electron chi connectivity index (χ0n) is 12.0. The van der Waals surface area contributed by atoms with Gasteiger partial charge in [-0.2, -0.15) is 12.6 Å². The lowest BCUT2D eigenvalue weighted by Crippen LogP contribution is -2.27. The number of hydrogen-bond acceptors (Lipinski definition) is 2. The molecule has 0 saturated carbocycles. The summed E-state index contributed by atoms with van der Waals surface area (Å²) in [5.41, 5.74) is 5.65. The van der Waals surface area contributed by atoms with Gasteiger partial charge in [0.15, 0.2) is 0 Å². The lowest BCUT2D eigenvalue weighted by Gasteiger charge is -2.20. The van der Waals surface area contributed by atoms with Crippen LogP contribution in [0.5, 0.6) is 0 Å². The van der Waals surface area contributed by atoms with Crippen LogP contribution in [0.3, 0.4) is 0 Å². The van der Waals surface area contributed by atoms with Crippen molar-refractivity contribution >= 4 is 12.6 Å². The highest BCUT2D eigenvalue weighted by molar-refractivity contribution is 7.81. The molecule has 17 heavy (non-hydrogen) atoms. The van der Waals surface area contributed by atoms with Gasteiger partial charge >= 0.3 is 0 Å². The van der Waals surface area contributed by atoms with E-state index in [9.17, 15) is 0 Å². The fraction of sp³-hybridized carbons (Fsp3) is 1.00. The molecule has 0 bridgehead atoms. The average Bonchev–Trinajstić information content (AvgIpc) is 2.31. The Labute approximate surface area is 114 Å². The van der Waals surface area contributed by atoms with Gasteiger partial charge in [0.1, 0.15) is 0 Å². The van der Waals surface area contributed by atoms with Crippen LogP contribution < -0.4 is 5.73 Å². The molecule has 104 valence electrons. The Kier molecular flexibility index (Phi) is 11.6. The Morgan fingerprint density at radius 3 is 1.65 bits per heavy atom. The van der Waals surface area contributed by atoms with Crippen LogP contribution in [0.4, 0.5) is 0 Å². The molecule has 0 aromatic rings. The lowest BCUT2D eigenvalue weighted by molar-refractivity contribution is 0.515. The quantitative estimate of drug-likeness (QED) is 0.376. The van der Waals surface area contributed by atoms with Crippen molar-refractivity contribution in [1.29, 1.82) is 0 Å². The monoisotopic (exact) mass is 259 g/mol. The molecule has 0 radical (unpaired) electrons. The van der Waals surface area contributed by atoms with Crippen molar-refractivity contribution in [3.63, 3.8) is 0 Å². The van der Waals surface area contributed by atoms with E-state index in [2.05, 4.69) is 26.5 Å². The molecule has 0 fully saturated rings. The molecule has 0 rings (SSSR count). The summed E-state index contributed by atoms with van der Waals surface area (Å²) in [6.45, 7) is 5.11. The lowest BCUT2D eigenvalue weighted by atomic mass is 10.0. The average molecular weight is 260 g/mol. The van der Waals surface area contributed by atoms with Crippen molar-refractivity contribution in [2.24, 2.45) is 5.73 Å². The summed E-state index contributed by atoms with van der Waals surface area (Å²) in [6, 6.07) is 0. The molecule has 0 aliphatic heterocycles. The molecule has 1 atom stereocenters. The number of thiol groups is 1. The first-order chi connectivity index (χ1) is 8.12. The maximum absolute atomic E-state index is 5.65. The molecule has 1 unspecified atom stereocenters. The van der Waals surface area contributed by atoms with Gasteiger partial charge in [-0.3, -0.25) is 0 Å². The predicted octanol–water partition coefficient (Wildman–Crippen LogP) is 4.94. The zero-order chi connectivity index (χ0) is 13.0. The van der Waals surface area contributed by atoms with E-state index in [1.54, 1.807) is 0 Å². The SMILES string of the molecule is CCCCCCCCCCCCC(C)(S)CN. The third-order valence-corrected chi connectivity index (χ3v) is 3.91. The van der Waals surface area contributed by atoms with Crippen LogP contribution in [-0.2, 0) is 0 Å². The second kappa shape index (κ2) is 11.4. The standard InChI is InChI=1S/C15H33NS/c1-3-4-5-6-7-8-9-10-11-12-13-15(2,17)14-16/h17H,3-14,16H2,1-2H3. The molecule has 0 saturated heterocycles. The zero-order valence-corrected chi connectivity index (χ0v) is 12.9. The summed E-state index contributed by atoms with van der Waals surface area (Å²) in [6.07, 6.45) is 15.1. The van der Waals surface area contributed by atoms with Crippen LogP contribution in [0, 0.1) is 0 Å². The number of unbranched alkanes of at least 4 members (excludes halogenated alkanes) is 9. The van der Waals surface area contributed by atoms with Gasteiger partial charge in [-0.25, -0.2) is 0 Å². The smallest absolute Gasteiger partial charge is 0.0224 e. The summed E-state index contributed by atoms with van der Waals surface area (Å²) >= 11 is 4.55. The van der Waals surface area contributed by atoms with E-state index in [0.29, 0.717) is 6.54 Å². The summed E-state index contributed by atoms with van der Waals surface area (Å²) in [7, 11) is 0. The van der Waals surface area contributed by atoms with Crippen LogP contribution in [0.25, 0.3) is 0 Å². The Balaban J connectivity index is 3.09. The molecule has 0 amide bonds. The van der Waals surface area contributed by atoms with Crippen molar-refractivity contribution in [1.82, 2.24) is 0 Å². The minimum atomic E-state index is 0.0557. The fourth-order valence-electron chi connectivity index (χ4n) is 2.10. The van der Waals surface area contributed by atoms with E-state index in [1.165, 1.54) is 64.2 Å². The molecule has 0 aromatic carbocycles. The van der Waals surface area contributed by atoms with Gasteiger partial charge in [0.25, 0.3) is 0 Å². The Hall–Kier alpha value is 0.310. The highest BCUT2D eigenvalue weighted by Gasteiger charge is 2.15. The largest absolute Gasteiger partial charge is 0.329 e. The molecule has 0 aliphatic rings. The normalized spacial score (nSPS) is 14.8. The Bertz CT molecular complexity index is 157. The summed E-state index contributed by atoms with van der Waals surface area (Å²) in [5, 5.41) is 0. The van der Waals surface area contributed by atoms with Crippen LogP contribution in [0.2, 0.25) is 0 Å². The molecule has 2 N–H and O–H groups in total. The third-order valence-electron chi connectivity index (χ3n) is 3.51. The highest BCUT2D eigenvalue weighted by atomic mass is 32.1. The molecule has 2 heteroatoms. The number of hydrogen-bond donors (Lipinski definition) is 2. The minimum absolute atomic E-state index is 0.0557. The minimum Gasteiger partial charge on any atom is -0.329 e. The molecular weight excluding hydrogens is 226 g/mol. The molecule has 0 spiro atoms.